The Labute approximate surface area is 178 Å². The van der Waals surface area contributed by atoms with E-state index in [1.807, 2.05) is 0 Å². The minimum Gasteiger partial charge on any atom is -0.346 e. The molecule has 0 spiro atoms. The van der Waals surface area contributed by atoms with Crippen molar-refractivity contribution < 1.29 is 4.79 Å². The molecule has 1 heterocycles. The third-order valence-corrected chi connectivity index (χ3v) is 5.18. The summed E-state index contributed by atoms with van der Waals surface area (Å²) in [6.45, 7) is 0. The fourth-order valence-corrected chi connectivity index (χ4v) is 3.05. The predicted octanol–water partition coefficient (Wildman–Crippen LogP) is 3.88. The Morgan fingerprint density at radius 2 is 1.84 bits per heavy atom. The lowest BCUT2D eigenvalue weighted by molar-refractivity contribution is 0.0925. The minimum absolute atomic E-state index is 0.0700. The van der Waals surface area contributed by atoms with Crippen LogP contribution in [0.25, 0.3) is 0 Å². The highest BCUT2D eigenvalue weighted by molar-refractivity contribution is 14.1. The van der Waals surface area contributed by atoms with E-state index in [9.17, 15) is 4.79 Å². The third-order valence-electron chi connectivity index (χ3n) is 3.14. The van der Waals surface area contributed by atoms with Crippen molar-refractivity contribution in [3.05, 3.63) is 57.9 Å². The lowest BCUT2D eigenvalue weighted by Gasteiger charge is -2.37. The molecule has 0 aliphatic carbocycles. The van der Waals surface area contributed by atoms with Crippen LogP contribution in [-0.4, -0.2) is 25.3 Å². The lowest BCUT2D eigenvalue weighted by Crippen LogP contribution is -2.70. The van der Waals surface area contributed by atoms with Gasteiger partial charge in [0.2, 0.25) is 3.79 Å². The fraction of sp³-hybridized carbons (Fsp3) is 0.133. The summed E-state index contributed by atoms with van der Waals surface area (Å²) in [6.07, 6.45) is 3.11. The zero-order chi connectivity index (χ0) is 18.7. The second kappa shape index (κ2) is 8.32. The van der Waals surface area contributed by atoms with Crippen molar-refractivity contribution in [1.29, 1.82) is 0 Å². The lowest BCUT2D eigenvalue weighted by atomic mass is 10.1. The van der Waals surface area contributed by atoms with Crippen molar-refractivity contribution in [3.63, 3.8) is 0 Å². The van der Waals surface area contributed by atoms with E-state index >= 15 is 0 Å². The Bertz CT molecular complexity index is 771. The number of nitrogens with two attached hydrogens (primary N) is 1. The van der Waals surface area contributed by atoms with Gasteiger partial charge in [0, 0.05) is 15.3 Å². The van der Waals surface area contributed by atoms with Crippen molar-refractivity contribution in [2.24, 2.45) is 5.73 Å². The van der Waals surface area contributed by atoms with E-state index in [4.69, 9.17) is 52.8 Å². The van der Waals surface area contributed by atoms with E-state index in [2.05, 4.69) is 38.2 Å². The van der Waals surface area contributed by atoms with Gasteiger partial charge in [0.25, 0.3) is 5.91 Å². The molecule has 10 heteroatoms. The molecule has 0 aliphatic heterocycles. The Kier molecular flexibility index (Phi) is 6.86. The summed E-state index contributed by atoms with van der Waals surface area (Å²) in [6, 6.07) is 10.2. The number of carbonyl (C=O) groups is 1. The number of nitrogens with one attached hydrogen (secondary N) is 2. The Hall–Kier alpha value is -0.710. The summed E-state index contributed by atoms with van der Waals surface area (Å²) in [5, 5.41) is 5.34. The molecule has 2 aromatic rings. The maximum absolute atomic E-state index is 12.5. The third kappa shape index (κ3) is 5.15. The van der Waals surface area contributed by atoms with Gasteiger partial charge in [-0.05, 0) is 59.0 Å². The summed E-state index contributed by atoms with van der Waals surface area (Å²) >= 11 is 25.4. The van der Waals surface area contributed by atoms with Gasteiger partial charge in [-0.1, -0.05) is 47.0 Å². The van der Waals surface area contributed by atoms with Gasteiger partial charge in [0.05, 0.1) is 11.9 Å². The molecule has 0 saturated carbocycles. The second-order valence-corrected chi connectivity index (χ2v) is 8.90. The zero-order valence-electron chi connectivity index (χ0n) is 12.5. The fourth-order valence-electron chi connectivity index (χ4n) is 1.78. The number of anilines is 1. The Morgan fingerprint density at radius 3 is 2.36 bits per heavy atom. The number of aromatic nitrogens is 1. The molecular formula is C15H12Cl3IN4OS. The minimum atomic E-state index is -2.10. The maximum atomic E-state index is 12.5. The predicted molar refractivity (Wildman–Crippen MR) is 114 cm³/mol. The average molecular weight is 530 g/mol. The molecule has 0 saturated heterocycles. The molecule has 25 heavy (non-hydrogen) atoms. The standard InChI is InChI=1S/C15H12Cl3IN4OS/c16-15(17,18)14(20,13(25)22-11-2-1-7-21-8-11)23-12(24)9-3-5-10(19)6-4-9/h1-8H,20H2,(H,22,25)(H,23,24)/t14-/m1/s1. The van der Waals surface area contributed by atoms with Gasteiger partial charge < -0.3 is 10.6 Å². The molecular weight excluding hydrogens is 518 g/mol. The van der Waals surface area contributed by atoms with Crippen molar-refractivity contribution in [1.82, 2.24) is 10.3 Å². The van der Waals surface area contributed by atoms with Gasteiger partial charge in [-0.2, -0.15) is 0 Å². The number of benzene rings is 1. The van der Waals surface area contributed by atoms with Gasteiger partial charge in [0.15, 0.2) is 5.66 Å². The SMILES string of the molecule is N[C@@](NC(=O)c1ccc(I)cc1)(C(=S)Nc1cccnc1)C(Cl)(Cl)Cl. The summed E-state index contributed by atoms with van der Waals surface area (Å²) in [5.74, 6) is -0.527. The van der Waals surface area contributed by atoms with Gasteiger partial charge >= 0.3 is 0 Å². The van der Waals surface area contributed by atoms with Gasteiger partial charge in [-0.3, -0.25) is 15.5 Å². The van der Waals surface area contributed by atoms with Crippen LogP contribution in [0.4, 0.5) is 5.69 Å². The highest BCUT2D eigenvalue weighted by Gasteiger charge is 2.50. The van der Waals surface area contributed by atoms with Gasteiger partial charge in [0.1, 0.15) is 4.99 Å². The Balaban J connectivity index is 2.26. The molecule has 1 atom stereocenters. The maximum Gasteiger partial charge on any atom is 0.253 e. The van der Waals surface area contributed by atoms with Crippen molar-refractivity contribution >= 4 is 86.2 Å². The summed E-state index contributed by atoms with van der Waals surface area (Å²) < 4.78 is -1.12. The first-order chi connectivity index (χ1) is 11.6. The molecule has 2 rings (SSSR count). The van der Waals surface area contributed by atoms with Crippen molar-refractivity contribution in [3.8, 4) is 0 Å². The highest BCUT2D eigenvalue weighted by atomic mass is 127. The average Bonchev–Trinajstić information content (AvgIpc) is 2.55. The van der Waals surface area contributed by atoms with Gasteiger partial charge in [-0.25, -0.2) is 0 Å². The van der Waals surface area contributed by atoms with Crippen LogP contribution in [0, 0.1) is 3.57 Å². The van der Waals surface area contributed by atoms with Crippen LogP contribution < -0.4 is 16.4 Å². The molecule has 1 amide bonds. The molecule has 0 bridgehead atoms. The second-order valence-electron chi connectivity index (χ2n) is 4.96. The normalized spacial score (nSPS) is 13.6. The number of thiocarbonyl (C=S) groups is 1. The quantitative estimate of drug-likeness (QED) is 0.243. The van der Waals surface area contributed by atoms with Crippen LogP contribution >= 0.6 is 69.6 Å². The summed E-state index contributed by atoms with van der Waals surface area (Å²) in [5.41, 5.74) is 5.14. The first-order valence-corrected chi connectivity index (χ1v) is 9.41. The van der Waals surface area contributed by atoms with E-state index in [1.165, 1.54) is 6.20 Å². The number of carbonyl (C=O) groups excluding carboxylic acids is 1. The van der Waals surface area contributed by atoms with E-state index < -0.39 is 15.4 Å². The summed E-state index contributed by atoms with van der Waals surface area (Å²) in [4.78, 5) is 16.4. The van der Waals surface area contributed by atoms with Crippen LogP contribution in [0.2, 0.25) is 0 Å². The summed E-state index contributed by atoms with van der Waals surface area (Å²) in [7, 11) is 0. The molecule has 0 radical (unpaired) electrons. The monoisotopic (exact) mass is 528 g/mol. The number of alkyl halides is 3. The van der Waals surface area contributed by atoms with Crippen LogP contribution in [0.3, 0.4) is 0 Å². The zero-order valence-corrected chi connectivity index (χ0v) is 17.7. The number of halogens is 4. The van der Waals surface area contributed by atoms with Crippen LogP contribution in [-0.2, 0) is 0 Å². The molecule has 1 aromatic heterocycles. The topological polar surface area (TPSA) is 80.0 Å². The van der Waals surface area contributed by atoms with E-state index in [-0.39, 0.29) is 4.99 Å². The van der Waals surface area contributed by atoms with Crippen LogP contribution in [0.5, 0.6) is 0 Å². The van der Waals surface area contributed by atoms with Crippen LogP contribution in [0.1, 0.15) is 10.4 Å². The van der Waals surface area contributed by atoms with E-state index in [0.29, 0.717) is 11.3 Å². The first kappa shape index (κ1) is 20.6. The van der Waals surface area contributed by atoms with E-state index in [1.54, 1.807) is 42.6 Å². The number of amides is 1. The molecule has 0 unspecified atom stereocenters. The van der Waals surface area contributed by atoms with Crippen molar-refractivity contribution in [2.45, 2.75) is 9.46 Å². The Morgan fingerprint density at radius 1 is 1.20 bits per heavy atom. The van der Waals surface area contributed by atoms with Crippen molar-refractivity contribution in [2.75, 3.05) is 5.32 Å². The van der Waals surface area contributed by atoms with Crippen LogP contribution in [0.15, 0.2) is 48.8 Å². The smallest absolute Gasteiger partial charge is 0.253 e. The largest absolute Gasteiger partial charge is 0.346 e. The molecule has 132 valence electrons. The first-order valence-electron chi connectivity index (χ1n) is 6.78. The highest BCUT2D eigenvalue weighted by Crippen LogP contribution is 2.36. The molecule has 0 aliphatic rings. The number of pyridine rings is 1. The van der Waals surface area contributed by atoms with E-state index in [0.717, 1.165) is 3.57 Å². The molecule has 0 fully saturated rings. The molecule has 4 N–H and O–H groups in total. The number of hydrogen-bond donors (Lipinski definition) is 3. The number of rotatable bonds is 4. The molecule has 1 aromatic carbocycles. The molecule has 5 nitrogen and oxygen atoms in total. The number of hydrogen-bond acceptors (Lipinski definition) is 4. The van der Waals surface area contributed by atoms with Gasteiger partial charge in [-0.15, -0.1) is 0 Å². The number of nitrogens with zero attached hydrogens (tertiary/aromatic N) is 1.